The number of hydrogen-bond donors (Lipinski definition) is 1. The maximum Gasteiger partial charge on any atom is 0.181 e. The molecular weight excluding hydrogens is 280 g/mol. The average molecular weight is 300 g/mol. The topological polar surface area (TPSA) is 99.3 Å². The van der Waals surface area contributed by atoms with Gasteiger partial charge in [0.05, 0.1) is 24.1 Å². The molecule has 0 fully saturated rings. The molecule has 0 saturated carbocycles. The SMILES string of the molecule is CC(C)Oc1cncc(C(=O)C(N)CCS(C)(=O)=O)c1. The summed E-state index contributed by atoms with van der Waals surface area (Å²) in [5.41, 5.74) is 6.05. The Balaban J connectivity index is 2.76. The molecule has 0 radical (unpaired) electrons. The molecule has 0 bridgehead atoms. The summed E-state index contributed by atoms with van der Waals surface area (Å²) in [7, 11) is -3.13. The normalized spacial score (nSPS) is 13.2. The molecule has 1 aromatic rings. The van der Waals surface area contributed by atoms with E-state index in [0.29, 0.717) is 11.3 Å². The first-order valence-electron chi connectivity index (χ1n) is 6.28. The second-order valence-electron chi connectivity index (χ2n) is 4.97. The number of carbonyl (C=O) groups excluding carboxylic acids is 1. The Labute approximate surface area is 119 Å². The van der Waals surface area contributed by atoms with Crippen LogP contribution in [0.1, 0.15) is 30.6 Å². The molecule has 0 aliphatic carbocycles. The highest BCUT2D eigenvalue weighted by atomic mass is 32.2. The van der Waals surface area contributed by atoms with E-state index in [0.717, 1.165) is 6.26 Å². The zero-order valence-corrected chi connectivity index (χ0v) is 12.7. The lowest BCUT2D eigenvalue weighted by Gasteiger charge is -2.12. The number of pyridine rings is 1. The number of Topliss-reactive ketones (excluding diaryl/α,β-unsaturated/α-hetero) is 1. The predicted molar refractivity (Wildman–Crippen MR) is 76.6 cm³/mol. The van der Waals surface area contributed by atoms with Crippen LogP contribution in [0.25, 0.3) is 0 Å². The number of ketones is 1. The summed E-state index contributed by atoms with van der Waals surface area (Å²) >= 11 is 0. The number of sulfone groups is 1. The van der Waals surface area contributed by atoms with Gasteiger partial charge in [0.2, 0.25) is 0 Å². The first-order chi connectivity index (χ1) is 9.19. The molecule has 0 aliphatic rings. The summed E-state index contributed by atoms with van der Waals surface area (Å²) in [5, 5.41) is 0. The highest BCUT2D eigenvalue weighted by Gasteiger charge is 2.18. The summed E-state index contributed by atoms with van der Waals surface area (Å²) in [4.78, 5) is 16.0. The lowest BCUT2D eigenvalue weighted by molar-refractivity contribution is 0.0958. The molecule has 0 amide bonds. The molecule has 112 valence electrons. The number of nitrogens with two attached hydrogens (primary N) is 1. The Morgan fingerprint density at radius 3 is 2.60 bits per heavy atom. The van der Waals surface area contributed by atoms with Crippen LogP contribution in [0.5, 0.6) is 5.75 Å². The van der Waals surface area contributed by atoms with Crippen LogP contribution >= 0.6 is 0 Å². The molecule has 1 rings (SSSR count). The Morgan fingerprint density at radius 2 is 2.05 bits per heavy atom. The molecule has 0 saturated heterocycles. The van der Waals surface area contributed by atoms with Gasteiger partial charge in [-0.1, -0.05) is 0 Å². The van der Waals surface area contributed by atoms with Gasteiger partial charge in [0.1, 0.15) is 15.6 Å². The molecule has 0 spiro atoms. The fourth-order valence-corrected chi connectivity index (χ4v) is 2.26. The summed E-state index contributed by atoms with van der Waals surface area (Å²) in [5.74, 6) is 0.0340. The largest absolute Gasteiger partial charge is 0.489 e. The maximum absolute atomic E-state index is 12.1. The summed E-state index contributed by atoms with van der Waals surface area (Å²) < 4.78 is 27.6. The maximum atomic E-state index is 12.1. The summed E-state index contributed by atoms with van der Waals surface area (Å²) in [6, 6.07) is 0.705. The first kappa shape index (κ1) is 16.6. The van der Waals surface area contributed by atoms with Crippen molar-refractivity contribution in [2.24, 2.45) is 5.73 Å². The van der Waals surface area contributed by atoms with Crippen LogP contribution in [-0.4, -0.2) is 43.3 Å². The lowest BCUT2D eigenvalue weighted by atomic mass is 10.0. The number of hydrogen-bond acceptors (Lipinski definition) is 6. The average Bonchev–Trinajstić information content (AvgIpc) is 2.33. The Hall–Kier alpha value is -1.47. The van der Waals surface area contributed by atoms with Crippen LogP contribution in [-0.2, 0) is 9.84 Å². The smallest absolute Gasteiger partial charge is 0.181 e. The van der Waals surface area contributed by atoms with Crippen molar-refractivity contribution in [2.75, 3.05) is 12.0 Å². The van der Waals surface area contributed by atoms with Crippen molar-refractivity contribution < 1.29 is 17.9 Å². The van der Waals surface area contributed by atoms with Crippen molar-refractivity contribution in [3.05, 3.63) is 24.0 Å². The fourth-order valence-electron chi connectivity index (χ4n) is 1.58. The van der Waals surface area contributed by atoms with Gasteiger partial charge < -0.3 is 10.5 Å². The second kappa shape index (κ2) is 6.81. The van der Waals surface area contributed by atoms with Gasteiger partial charge in [-0.15, -0.1) is 0 Å². The zero-order valence-electron chi connectivity index (χ0n) is 11.9. The van der Waals surface area contributed by atoms with Crippen molar-refractivity contribution in [2.45, 2.75) is 32.4 Å². The first-order valence-corrected chi connectivity index (χ1v) is 8.34. The highest BCUT2D eigenvalue weighted by molar-refractivity contribution is 7.90. The van der Waals surface area contributed by atoms with Gasteiger partial charge in [-0.05, 0) is 26.3 Å². The minimum atomic E-state index is -3.13. The third-order valence-corrected chi connectivity index (χ3v) is 3.48. The quantitative estimate of drug-likeness (QED) is 0.748. The van der Waals surface area contributed by atoms with E-state index < -0.39 is 15.9 Å². The minimum absolute atomic E-state index is 0.0268. The molecule has 6 nitrogen and oxygen atoms in total. The number of aromatic nitrogens is 1. The molecule has 0 aromatic carbocycles. The van der Waals surface area contributed by atoms with E-state index in [1.54, 1.807) is 6.07 Å². The van der Waals surface area contributed by atoms with Gasteiger partial charge in [-0.3, -0.25) is 9.78 Å². The van der Waals surface area contributed by atoms with Gasteiger partial charge >= 0.3 is 0 Å². The van der Waals surface area contributed by atoms with Gasteiger partial charge in [-0.2, -0.15) is 0 Å². The second-order valence-corrected chi connectivity index (χ2v) is 7.22. The molecule has 20 heavy (non-hydrogen) atoms. The van der Waals surface area contributed by atoms with Crippen molar-refractivity contribution in [1.29, 1.82) is 0 Å². The van der Waals surface area contributed by atoms with Gasteiger partial charge in [0.15, 0.2) is 5.78 Å². The van der Waals surface area contributed by atoms with Crippen molar-refractivity contribution >= 4 is 15.6 Å². The van der Waals surface area contributed by atoms with Gasteiger partial charge in [0.25, 0.3) is 0 Å². The van der Waals surface area contributed by atoms with Crippen molar-refractivity contribution in [3.8, 4) is 5.75 Å². The van der Waals surface area contributed by atoms with Crippen LogP contribution in [0.3, 0.4) is 0 Å². The highest BCUT2D eigenvalue weighted by Crippen LogP contribution is 2.14. The summed E-state index contributed by atoms with van der Waals surface area (Å²) in [6.45, 7) is 3.73. The molecule has 7 heteroatoms. The Kier molecular flexibility index (Phi) is 5.64. The van der Waals surface area contributed by atoms with E-state index in [1.807, 2.05) is 13.8 Å². The zero-order chi connectivity index (χ0) is 15.3. The minimum Gasteiger partial charge on any atom is -0.489 e. The monoisotopic (exact) mass is 300 g/mol. The standard InChI is InChI=1S/C13H20N2O4S/c1-9(2)19-11-6-10(7-15-8-11)13(16)12(14)4-5-20(3,17)18/h6-9,12H,4-5,14H2,1-3H3. The van der Waals surface area contributed by atoms with Gasteiger partial charge in [-0.25, -0.2) is 8.42 Å². The van der Waals surface area contributed by atoms with Gasteiger partial charge in [0, 0.05) is 18.0 Å². The lowest BCUT2D eigenvalue weighted by Crippen LogP contribution is -2.32. The summed E-state index contributed by atoms with van der Waals surface area (Å²) in [6.07, 6.45) is 4.09. The van der Waals surface area contributed by atoms with E-state index in [1.165, 1.54) is 12.4 Å². The van der Waals surface area contributed by atoms with Crippen LogP contribution < -0.4 is 10.5 Å². The number of nitrogens with zero attached hydrogens (tertiary/aromatic N) is 1. The van der Waals surface area contributed by atoms with E-state index in [-0.39, 0.29) is 24.1 Å². The van der Waals surface area contributed by atoms with E-state index in [9.17, 15) is 13.2 Å². The molecule has 1 atom stereocenters. The van der Waals surface area contributed by atoms with E-state index in [2.05, 4.69) is 4.98 Å². The van der Waals surface area contributed by atoms with Crippen LogP contribution in [0, 0.1) is 0 Å². The molecule has 0 aliphatic heterocycles. The third-order valence-electron chi connectivity index (χ3n) is 2.51. The fraction of sp³-hybridized carbons (Fsp3) is 0.538. The Morgan fingerprint density at radius 1 is 1.40 bits per heavy atom. The van der Waals surface area contributed by atoms with E-state index >= 15 is 0 Å². The third kappa shape index (κ3) is 5.66. The van der Waals surface area contributed by atoms with Crippen molar-refractivity contribution in [3.63, 3.8) is 0 Å². The molecular formula is C13H20N2O4S. The van der Waals surface area contributed by atoms with Crippen LogP contribution in [0.2, 0.25) is 0 Å². The predicted octanol–water partition coefficient (Wildman–Crippen LogP) is 0.814. The van der Waals surface area contributed by atoms with Crippen molar-refractivity contribution in [1.82, 2.24) is 4.98 Å². The molecule has 1 aromatic heterocycles. The molecule has 1 unspecified atom stereocenters. The van der Waals surface area contributed by atoms with Crippen LogP contribution in [0.15, 0.2) is 18.5 Å². The van der Waals surface area contributed by atoms with Crippen LogP contribution in [0.4, 0.5) is 0 Å². The number of ether oxygens (including phenoxy) is 1. The molecule has 1 heterocycles. The number of rotatable bonds is 7. The van der Waals surface area contributed by atoms with E-state index in [4.69, 9.17) is 10.5 Å². The Bertz CT molecular complexity index is 569. The number of carbonyl (C=O) groups is 1. The molecule has 2 N–H and O–H groups in total.